The van der Waals surface area contributed by atoms with E-state index in [0.29, 0.717) is 0 Å². The Morgan fingerprint density at radius 3 is 1.77 bits per heavy atom. The molecule has 0 spiro atoms. The molecule has 1 aliphatic rings. The highest BCUT2D eigenvalue weighted by Gasteiger charge is 2.46. The third-order valence-electron chi connectivity index (χ3n) is 9.32. The zero-order valence-electron chi connectivity index (χ0n) is 24.5. The summed E-state index contributed by atoms with van der Waals surface area (Å²) in [5.41, 5.74) is 15.0. The zero-order chi connectivity index (χ0) is 29.0. The van der Waals surface area contributed by atoms with Gasteiger partial charge in [0.25, 0.3) is 0 Å². The van der Waals surface area contributed by atoms with E-state index in [-0.39, 0.29) is 0 Å². The van der Waals surface area contributed by atoms with Gasteiger partial charge in [0.05, 0.1) is 5.41 Å². The Kier molecular flexibility index (Phi) is 5.91. The van der Waals surface area contributed by atoms with Crippen molar-refractivity contribution in [2.45, 2.75) is 19.3 Å². The van der Waals surface area contributed by atoms with Crippen LogP contribution in [-0.4, -0.2) is 0 Å². The SMILES string of the molecule is Cc1ccc(-c2c(-c3ccc4c(c3)C(c3ccccc3)(c3ccc(C)cc3)c3ccccc3-4)ccc3ccccc23)cc1. The molecule has 0 nitrogen and oxygen atoms in total. The maximum Gasteiger partial charge on any atom is 0.0713 e. The van der Waals surface area contributed by atoms with Crippen LogP contribution in [-0.2, 0) is 5.41 Å². The first-order valence-electron chi connectivity index (χ1n) is 15.1. The highest BCUT2D eigenvalue weighted by Crippen LogP contribution is 2.57. The summed E-state index contributed by atoms with van der Waals surface area (Å²) >= 11 is 0. The Bertz CT molecular complexity index is 2120. The van der Waals surface area contributed by atoms with Gasteiger partial charge in [-0.15, -0.1) is 0 Å². The van der Waals surface area contributed by atoms with E-state index in [4.69, 9.17) is 0 Å². The predicted octanol–water partition coefficient (Wildman–Crippen LogP) is 11.2. The number of hydrogen-bond donors (Lipinski definition) is 0. The summed E-state index contributed by atoms with van der Waals surface area (Å²) in [6, 6.07) is 58.7. The summed E-state index contributed by atoms with van der Waals surface area (Å²) in [5.74, 6) is 0. The quantitative estimate of drug-likeness (QED) is 0.205. The molecule has 204 valence electrons. The molecule has 0 fully saturated rings. The smallest absolute Gasteiger partial charge is 0.0622 e. The van der Waals surface area contributed by atoms with Crippen molar-refractivity contribution in [1.82, 2.24) is 0 Å². The molecule has 7 aromatic carbocycles. The van der Waals surface area contributed by atoms with Crippen molar-refractivity contribution in [3.8, 4) is 33.4 Å². The van der Waals surface area contributed by atoms with Gasteiger partial charge in [0, 0.05) is 0 Å². The van der Waals surface area contributed by atoms with Gasteiger partial charge in [0.2, 0.25) is 0 Å². The fourth-order valence-corrected chi connectivity index (χ4v) is 7.27. The van der Waals surface area contributed by atoms with E-state index < -0.39 is 5.41 Å². The number of hydrogen-bond acceptors (Lipinski definition) is 0. The second kappa shape index (κ2) is 9.96. The summed E-state index contributed by atoms with van der Waals surface area (Å²) in [4.78, 5) is 0. The summed E-state index contributed by atoms with van der Waals surface area (Å²) < 4.78 is 0. The molecule has 0 heteroatoms. The van der Waals surface area contributed by atoms with Gasteiger partial charge in [0.15, 0.2) is 0 Å². The van der Waals surface area contributed by atoms with E-state index in [1.165, 1.54) is 77.5 Å². The van der Waals surface area contributed by atoms with E-state index in [2.05, 4.69) is 172 Å². The number of benzene rings is 7. The topological polar surface area (TPSA) is 0 Å². The van der Waals surface area contributed by atoms with Crippen molar-refractivity contribution < 1.29 is 0 Å². The highest BCUT2D eigenvalue weighted by molar-refractivity contribution is 6.04. The van der Waals surface area contributed by atoms with Crippen molar-refractivity contribution in [3.63, 3.8) is 0 Å². The van der Waals surface area contributed by atoms with Gasteiger partial charge in [-0.05, 0) is 86.3 Å². The Morgan fingerprint density at radius 1 is 0.395 bits per heavy atom. The van der Waals surface area contributed by atoms with E-state index >= 15 is 0 Å². The predicted molar refractivity (Wildman–Crippen MR) is 182 cm³/mol. The standard InChI is InChI=1S/C43H32/c1-29-16-20-32(21-17-29)42-36-13-7-6-10-31(36)22-26-37(42)33-23-27-39-38-14-8-9-15-40(38)43(41(39)28-33,34-11-4-3-5-12-34)35-24-18-30(2)19-25-35/h3-28H,1-2H3. The first-order valence-corrected chi connectivity index (χ1v) is 15.1. The molecule has 0 aromatic heterocycles. The average Bonchev–Trinajstić information content (AvgIpc) is 3.36. The van der Waals surface area contributed by atoms with Crippen LogP contribution >= 0.6 is 0 Å². The maximum absolute atomic E-state index is 2.48. The molecular weight excluding hydrogens is 516 g/mol. The Hall–Kier alpha value is -5.20. The molecule has 1 atom stereocenters. The van der Waals surface area contributed by atoms with Gasteiger partial charge in [-0.3, -0.25) is 0 Å². The van der Waals surface area contributed by atoms with Crippen LogP contribution in [0.4, 0.5) is 0 Å². The normalized spacial score (nSPS) is 15.3. The van der Waals surface area contributed by atoms with Crippen LogP contribution in [0.1, 0.15) is 33.4 Å². The van der Waals surface area contributed by atoms with E-state index in [1.807, 2.05) is 0 Å². The Morgan fingerprint density at radius 2 is 0.977 bits per heavy atom. The van der Waals surface area contributed by atoms with Gasteiger partial charge in [-0.25, -0.2) is 0 Å². The van der Waals surface area contributed by atoms with Crippen LogP contribution in [0.15, 0.2) is 158 Å². The Labute approximate surface area is 253 Å². The molecule has 1 aliphatic carbocycles. The van der Waals surface area contributed by atoms with Gasteiger partial charge in [0.1, 0.15) is 0 Å². The monoisotopic (exact) mass is 548 g/mol. The fourth-order valence-electron chi connectivity index (χ4n) is 7.27. The van der Waals surface area contributed by atoms with Crippen LogP contribution in [0.3, 0.4) is 0 Å². The second-order valence-corrected chi connectivity index (χ2v) is 11.9. The minimum Gasteiger partial charge on any atom is -0.0622 e. The molecule has 43 heavy (non-hydrogen) atoms. The molecule has 0 N–H and O–H groups in total. The molecule has 0 radical (unpaired) electrons. The van der Waals surface area contributed by atoms with Crippen molar-refractivity contribution >= 4 is 10.8 Å². The fraction of sp³-hybridized carbons (Fsp3) is 0.0698. The van der Waals surface area contributed by atoms with Crippen molar-refractivity contribution in [1.29, 1.82) is 0 Å². The summed E-state index contributed by atoms with van der Waals surface area (Å²) in [7, 11) is 0. The molecule has 8 rings (SSSR count). The molecule has 0 saturated heterocycles. The van der Waals surface area contributed by atoms with Crippen LogP contribution in [0.25, 0.3) is 44.2 Å². The molecule has 0 aliphatic heterocycles. The largest absolute Gasteiger partial charge is 0.0713 e. The lowest BCUT2D eigenvalue weighted by Crippen LogP contribution is -2.28. The van der Waals surface area contributed by atoms with Crippen LogP contribution in [0, 0.1) is 13.8 Å². The molecule has 0 amide bonds. The lowest BCUT2D eigenvalue weighted by atomic mass is 9.67. The minimum absolute atomic E-state index is 0.419. The molecule has 0 heterocycles. The first-order chi connectivity index (χ1) is 21.1. The zero-order valence-corrected chi connectivity index (χ0v) is 24.5. The van der Waals surface area contributed by atoms with Gasteiger partial charge < -0.3 is 0 Å². The molecular formula is C43H32. The average molecular weight is 549 g/mol. The third-order valence-corrected chi connectivity index (χ3v) is 9.32. The highest BCUT2D eigenvalue weighted by atomic mass is 14.5. The number of fused-ring (bicyclic) bond motifs is 4. The molecule has 7 aromatic rings. The third kappa shape index (κ3) is 3.91. The van der Waals surface area contributed by atoms with Gasteiger partial charge in [-0.1, -0.05) is 163 Å². The van der Waals surface area contributed by atoms with E-state index in [1.54, 1.807) is 0 Å². The molecule has 1 unspecified atom stereocenters. The Balaban J connectivity index is 1.46. The van der Waals surface area contributed by atoms with Crippen molar-refractivity contribution in [2.75, 3.05) is 0 Å². The molecule has 0 saturated carbocycles. The summed E-state index contributed by atoms with van der Waals surface area (Å²) in [5, 5.41) is 2.54. The van der Waals surface area contributed by atoms with Crippen LogP contribution < -0.4 is 0 Å². The van der Waals surface area contributed by atoms with Gasteiger partial charge >= 0.3 is 0 Å². The first kappa shape index (κ1) is 25.5. The maximum atomic E-state index is 2.48. The lowest BCUT2D eigenvalue weighted by molar-refractivity contribution is 0.768. The van der Waals surface area contributed by atoms with Gasteiger partial charge in [-0.2, -0.15) is 0 Å². The summed E-state index contributed by atoms with van der Waals surface area (Å²) in [6.45, 7) is 4.32. The molecule has 0 bridgehead atoms. The van der Waals surface area contributed by atoms with Crippen molar-refractivity contribution in [2.24, 2.45) is 0 Å². The van der Waals surface area contributed by atoms with Crippen LogP contribution in [0.5, 0.6) is 0 Å². The minimum atomic E-state index is -0.419. The van der Waals surface area contributed by atoms with E-state index in [9.17, 15) is 0 Å². The van der Waals surface area contributed by atoms with E-state index in [0.717, 1.165) is 0 Å². The number of rotatable bonds is 4. The lowest BCUT2D eigenvalue weighted by Gasteiger charge is -2.34. The summed E-state index contributed by atoms with van der Waals surface area (Å²) in [6.07, 6.45) is 0. The second-order valence-electron chi connectivity index (χ2n) is 11.9. The van der Waals surface area contributed by atoms with Crippen LogP contribution in [0.2, 0.25) is 0 Å². The number of aryl methyl sites for hydroxylation is 2. The van der Waals surface area contributed by atoms with Crippen molar-refractivity contribution in [3.05, 3.63) is 191 Å².